The molecule has 2 N–H and O–H groups in total. The summed E-state index contributed by atoms with van der Waals surface area (Å²) in [6, 6.07) is 18.4. The molecule has 1 fully saturated rings. The molecule has 0 radical (unpaired) electrons. The van der Waals surface area contributed by atoms with Crippen molar-refractivity contribution in [2.75, 3.05) is 18.9 Å². The number of thioether (sulfide) groups is 1. The van der Waals surface area contributed by atoms with Gasteiger partial charge in [0.15, 0.2) is 0 Å². The number of H-pyrrole nitrogens is 1. The van der Waals surface area contributed by atoms with Crippen molar-refractivity contribution >= 4 is 17.7 Å². The topological polar surface area (TPSA) is 67.0 Å². The van der Waals surface area contributed by atoms with Gasteiger partial charge in [-0.2, -0.15) is 0 Å². The van der Waals surface area contributed by atoms with Crippen LogP contribution in [0.4, 0.5) is 0 Å². The minimum absolute atomic E-state index is 0.00428. The molecule has 29 heavy (non-hydrogen) atoms. The van der Waals surface area contributed by atoms with Gasteiger partial charge in [-0.25, -0.2) is 4.98 Å². The first kappa shape index (κ1) is 19.7. The number of aryl methyl sites for hydroxylation is 1. The van der Waals surface area contributed by atoms with E-state index in [9.17, 15) is 4.79 Å². The highest BCUT2D eigenvalue weighted by Crippen LogP contribution is 2.32. The molecule has 0 aliphatic carbocycles. The fourth-order valence-electron chi connectivity index (χ4n) is 3.41. The van der Waals surface area contributed by atoms with E-state index in [-0.39, 0.29) is 12.0 Å². The summed E-state index contributed by atoms with van der Waals surface area (Å²) in [6.07, 6.45) is 2.25. The number of ether oxygens (including phenoxy) is 1. The molecular formula is C23H25N3O2S. The lowest BCUT2D eigenvalue weighted by Gasteiger charge is -2.10. The molecular weight excluding hydrogens is 382 g/mol. The molecule has 0 bridgehead atoms. The summed E-state index contributed by atoms with van der Waals surface area (Å²) in [6.45, 7) is 3.45. The molecule has 1 aliphatic heterocycles. The molecule has 3 aromatic rings. The van der Waals surface area contributed by atoms with Gasteiger partial charge in [0.05, 0.1) is 17.6 Å². The van der Waals surface area contributed by atoms with Gasteiger partial charge in [0.25, 0.3) is 0 Å². The molecule has 6 heteroatoms. The minimum Gasteiger partial charge on any atom is -0.376 e. The Hall–Kier alpha value is -2.57. The smallest absolute Gasteiger partial charge is 0.230 e. The van der Waals surface area contributed by atoms with Crippen molar-refractivity contribution in [1.82, 2.24) is 15.3 Å². The summed E-state index contributed by atoms with van der Waals surface area (Å²) >= 11 is 1.46. The Morgan fingerprint density at radius 1 is 1.21 bits per heavy atom. The van der Waals surface area contributed by atoms with Crippen molar-refractivity contribution in [2.24, 2.45) is 0 Å². The standard InChI is InChI=1S/C23H25N3O2S/c1-16-7-5-10-18(13-16)22-25-21(17-8-3-2-4-9-17)23(26-22)29-15-20(27)24-14-19-11-6-12-28-19/h2-5,7-10,13,19H,6,11-12,14-15H2,1H3,(H,24,27)(H,25,26). The number of benzene rings is 2. The first-order valence-electron chi connectivity index (χ1n) is 9.92. The average molecular weight is 408 g/mol. The number of amides is 1. The highest BCUT2D eigenvalue weighted by molar-refractivity contribution is 8.00. The lowest BCUT2D eigenvalue weighted by atomic mass is 10.1. The predicted octanol–water partition coefficient (Wildman–Crippen LogP) is 4.44. The third-order valence-corrected chi connectivity index (χ3v) is 5.89. The van der Waals surface area contributed by atoms with Crippen LogP contribution in [-0.2, 0) is 9.53 Å². The molecule has 2 aromatic carbocycles. The SMILES string of the molecule is Cc1cccc(-c2nc(SCC(=O)NCC3CCCO3)c(-c3ccccc3)[nH]2)c1. The van der Waals surface area contributed by atoms with E-state index in [1.807, 2.05) is 30.3 Å². The number of hydrogen-bond donors (Lipinski definition) is 2. The van der Waals surface area contributed by atoms with Crippen LogP contribution in [0.1, 0.15) is 18.4 Å². The van der Waals surface area contributed by atoms with Crippen LogP contribution in [0.15, 0.2) is 59.6 Å². The van der Waals surface area contributed by atoms with Gasteiger partial charge in [-0.1, -0.05) is 65.9 Å². The summed E-state index contributed by atoms with van der Waals surface area (Å²) in [4.78, 5) is 20.6. The van der Waals surface area contributed by atoms with E-state index >= 15 is 0 Å². The molecule has 4 rings (SSSR count). The van der Waals surface area contributed by atoms with Crippen LogP contribution >= 0.6 is 11.8 Å². The van der Waals surface area contributed by atoms with Crippen molar-refractivity contribution in [1.29, 1.82) is 0 Å². The van der Waals surface area contributed by atoms with Crippen molar-refractivity contribution in [3.05, 3.63) is 60.2 Å². The highest BCUT2D eigenvalue weighted by atomic mass is 32.2. The molecule has 0 spiro atoms. The molecule has 1 atom stereocenters. The number of aromatic amines is 1. The Morgan fingerprint density at radius 2 is 2.03 bits per heavy atom. The number of nitrogens with one attached hydrogen (secondary N) is 2. The first-order chi connectivity index (χ1) is 14.2. The van der Waals surface area contributed by atoms with Gasteiger partial charge in [0, 0.05) is 24.3 Å². The Morgan fingerprint density at radius 3 is 2.79 bits per heavy atom. The van der Waals surface area contributed by atoms with Gasteiger partial charge in [-0.3, -0.25) is 4.79 Å². The monoisotopic (exact) mass is 407 g/mol. The third kappa shape index (κ3) is 5.08. The van der Waals surface area contributed by atoms with E-state index in [0.29, 0.717) is 12.3 Å². The number of nitrogens with zero attached hydrogens (tertiary/aromatic N) is 1. The molecule has 1 unspecified atom stereocenters. The average Bonchev–Trinajstić information content (AvgIpc) is 3.41. The van der Waals surface area contributed by atoms with Gasteiger partial charge in [0.1, 0.15) is 10.9 Å². The highest BCUT2D eigenvalue weighted by Gasteiger charge is 2.18. The fraction of sp³-hybridized carbons (Fsp3) is 0.304. The number of aromatic nitrogens is 2. The van der Waals surface area contributed by atoms with Gasteiger partial charge < -0.3 is 15.0 Å². The van der Waals surface area contributed by atoms with Gasteiger partial charge in [-0.15, -0.1) is 0 Å². The summed E-state index contributed by atoms with van der Waals surface area (Å²) < 4.78 is 5.57. The second-order valence-electron chi connectivity index (χ2n) is 7.23. The maximum Gasteiger partial charge on any atom is 0.230 e. The second kappa shape index (κ2) is 9.29. The number of carbonyl (C=O) groups is 1. The van der Waals surface area contributed by atoms with Crippen LogP contribution in [0.25, 0.3) is 22.6 Å². The normalized spacial score (nSPS) is 16.1. The van der Waals surface area contributed by atoms with E-state index in [1.54, 1.807) is 0 Å². The molecule has 1 aliphatic rings. The molecule has 1 aromatic heterocycles. The van der Waals surface area contributed by atoms with Crippen LogP contribution in [0, 0.1) is 6.92 Å². The Bertz CT molecular complexity index is 965. The first-order valence-corrected chi connectivity index (χ1v) is 10.9. The lowest BCUT2D eigenvalue weighted by Crippen LogP contribution is -2.32. The molecule has 150 valence electrons. The minimum atomic E-state index is 0.00428. The molecule has 5 nitrogen and oxygen atoms in total. The van der Waals surface area contributed by atoms with Crippen molar-refractivity contribution < 1.29 is 9.53 Å². The summed E-state index contributed by atoms with van der Waals surface area (Å²) in [7, 11) is 0. The van der Waals surface area contributed by atoms with Gasteiger partial charge >= 0.3 is 0 Å². The zero-order chi connectivity index (χ0) is 20.1. The second-order valence-corrected chi connectivity index (χ2v) is 8.19. The number of hydrogen-bond acceptors (Lipinski definition) is 4. The quantitative estimate of drug-likeness (QED) is 0.568. The van der Waals surface area contributed by atoms with Crippen molar-refractivity contribution in [3.63, 3.8) is 0 Å². The zero-order valence-electron chi connectivity index (χ0n) is 16.5. The summed E-state index contributed by atoms with van der Waals surface area (Å²) in [5.74, 6) is 1.14. The predicted molar refractivity (Wildman–Crippen MR) is 117 cm³/mol. The van der Waals surface area contributed by atoms with Crippen LogP contribution in [0.2, 0.25) is 0 Å². The largest absolute Gasteiger partial charge is 0.376 e. The zero-order valence-corrected chi connectivity index (χ0v) is 17.3. The number of rotatable bonds is 7. The van der Waals surface area contributed by atoms with E-state index in [4.69, 9.17) is 9.72 Å². The summed E-state index contributed by atoms with van der Waals surface area (Å²) in [5.41, 5.74) is 4.22. The fourth-order valence-corrected chi connectivity index (χ4v) is 4.25. The Balaban J connectivity index is 1.50. The van der Waals surface area contributed by atoms with Gasteiger partial charge in [0.2, 0.25) is 5.91 Å². The van der Waals surface area contributed by atoms with E-state index < -0.39 is 0 Å². The Labute approximate surface area is 175 Å². The number of imidazole rings is 1. The van der Waals surface area contributed by atoms with Crippen LogP contribution in [0.3, 0.4) is 0 Å². The van der Waals surface area contributed by atoms with Crippen molar-refractivity contribution in [3.8, 4) is 22.6 Å². The van der Waals surface area contributed by atoms with E-state index in [2.05, 4.69) is 41.5 Å². The van der Waals surface area contributed by atoms with E-state index in [1.165, 1.54) is 17.3 Å². The number of carbonyl (C=O) groups excluding carboxylic acids is 1. The van der Waals surface area contributed by atoms with E-state index in [0.717, 1.165) is 47.1 Å². The van der Waals surface area contributed by atoms with Crippen LogP contribution in [-0.4, -0.2) is 40.9 Å². The Kier molecular flexibility index (Phi) is 6.32. The van der Waals surface area contributed by atoms with Crippen LogP contribution in [0.5, 0.6) is 0 Å². The maximum absolute atomic E-state index is 12.3. The third-order valence-electron chi connectivity index (χ3n) is 4.92. The van der Waals surface area contributed by atoms with Crippen LogP contribution < -0.4 is 5.32 Å². The van der Waals surface area contributed by atoms with Crippen molar-refractivity contribution in [2.45, 2.75) is 30.9 Å². The summed E-state index contributed by atoms with van der Waals surface area (Å²) in [5, 5.41) is 3.81. The molecule has 0 saturated carbocycles. The molecule has 1 amide bonds. The molecule has 1 saturated heterocycles. The maximum atomic E-state index is 12.3. The lowest BCUT2D eigenvalue weighted by molar-refractivity contribution is -0.119. The molecule has 2 heterocycles. The van der Waals surface area contributed by atoms with Gasteiger partial charge in [-0.05, 0) is 25.8 Å².